The molecule has 0 spiro atoms. The lowest BCUT2D eigenvalue weighted by atomic mass is 9.98. The van der Waals surface area contributed by atoms with Gasteiger partial charge in [0, 0.05) is 5.56 Å². The largest absolute Gasteiger partial charge is 0.489 e. The van der Waals surface area contributed by atoms with Crippen LogP contribution in [0.3, 0.4) is 0 Å². The van der Waals surface area contributed by atoms with Crippen LogP contribution in [0.15, 0.2) is 54.6 Å². The zero-order chi connectivity index (χ0) is 19.9. The summed E-state index contributed by atoms with van der Waals surface area (Å²) >= 11 is 0. The summed E-state index contributed by atoms with van der Waals surface area (Å²) in [5.41, 5.74) is 3.14. The maximum atomic E-state index is 9.87. The summed E-state index contributed by atoms with van der Waals surface area (Å²) in [4.78, 5) is 0. The smallest absolute Gasteiger partial charge is 0.178 e. The molecule has 2 rings (SSSR count). The molecule has 0 bridgehead atoms. The van der Waals surface area contributed by atoms with E-state index in [4.69, 9.17) is 14.9 Å². The Kier molecular flexibility index (Phi) is 7.60. The average molecular weight is 370 g/mol. The van der Waals surface area contributed by atoms with Crippen molar-refractivity contribution in [1.29, 1.82) is 0 Å². The lowest BCUT2D eigenvalue weighted by Gasteiger charge is -2.16. The summed E-state index contributed by atoms with van der Waals surface area (Å²) in [5, 5.41) is 28.1. The number of allylic oxidation sites excluding steroid dienone is 2. The van der Waals surface area contributed by atoms with E-state index in [0.29, 0.717) is 12.2 Å². The number of hydrogen-bond donors (Lipinski definition) is 3. The van der Waals surface area contributed by atoms with Gasteiger partial charge in [-0.25, -0.2) is 0 Å². The quantitative estimate of drug-likeness (QED) is 0.565. The van der Waals surface area contributed by atoms with Crippen molar-refractivity contribution in [2.75, 3.05) is 0 Å². The van der Waals surface area contributed by atoms with Crippen molar-refractivity contribution < 1.29 is 20.1 Å². The summed E-state index contributed by atoms with van der Waals surface area (Å²) in [6.45, 7) is 6.19. The van der Waals surface area contributed by atoms with Crippen LogP contribution in [0.4, 0.5) is 0 Å². The van der Waals surface area contributed by atoms with E-state index in [1.807, 2.05) is 44.2 Å². The molecule has 0 aromatic heterocycles. The molecular weight excluding hydrogens is 340 g/mol. The van der Waals surface area contributed by atoms with Crippen LogP contribution in [0.2, 0.25) is 0 Å². The first kappa shape index (κ1) is 21.2. The molecule has 0 aliphatic carbocycles. The maximum absolute atomic E-state index is 9.87. The Morgan fingerprint density at radius 2 is 1.81 bits per heavy atom. The third kappa shape index (κ3) is 7.18. The van der Waals surface area contributed by atoms with Gasteiger partial charge >= 0.3 is 0 Å². The minimum Gasteiger partial charge on any atom is -0.489 e. The first-order valence-electron chi connectivity index (χ1n) is 9.38. The molecule has 2 aromatic carbocycles. The zero-order valence-electron chi connectivity index (χ0n) is 16.4. The predicted molar refractivity (Wildman–Crippen MR) is 108 cm³/mol. The molecule has 146 valence electrons. The second-order valence-corrected chi connectivity index (χ2v) is 7.37. The van der Waals surface area contributed by atoms with E-state index in [1.54, 1.807) is 12.1 Å². The number of benzene rings is 2. The molecule has 0 aliphatic heterocycles. The molecule has 0 saturated heterocycles. The third-order valence-corrected chi connectivity index (χ3v) is 4.42. The number of hydrogen-bond acceptors (Lipinski definition) is 4. The van der Waals surface area contributed by atoms with Crippen molar-refractivity contribution in [2.45, 2.75) is 58.5 Å². The van der Waals surface area contributed by atoms with Gasteiger partial charge in [0.2, 0.25) is 0 Å². The highest BCUT2D eigenvalue weighted by Crippen LogP contribution is 2.25. The second-order valence-electron chi connectivity index (χ2n) is 7.37. The van der Waals surface area contributed by atoms with E-state index < -0.39 is 11.9 Å². The van der Waals surface area contributed by atoms with Crippen molar-refractivity contribution in [2.24, 2.45) is 0 Å². The molecule has 0 unspecified atom stereocenters. The molecule has 0 fully saturated rings. The van der Waals surface area contributed by atoms with Crippen LogP contribution in [0.25, 0.3) is 5.57 Å². The molecule has 0 amide bonds. The van der Waals surface area contributed by atoms with Crippen LogP contribution >= 0.6 is 0 Å². The van der Waals surface area contributed by atoms with Crippen molar-refractivity contribution in [3.63, 3.8) is 0 Å². The highest BCUT2D eigenvalue weighted by atomic mass is 16.5. The van der Waals surface area contributed by atoms with Gasteiger partial charge in [0.1, 0.15) is 12.4 Å². The van der Waals surface area contributed by atoms with Gasteiger partial charge < -0.3 is 20.1 Å². The molecule has 3 N–H and O–H groups in total. The Morgan fingerprint density at radius 3 is 2.41 bits per heavy atom. The van der Waals surface area contributed by atoms with Crippen molar-refractivity contribution in [3.05, 3.63) is 71.3 Å². The molecule has 0 radical (unpaired) electrons. The monoisotopic (exact) mass is 370 g/mol. The highest BCUT2D eigenvalue weighted by molar-refractivity contribution is 5.66. The van der Waals surface area contributed by atoms with Gasteiger partial charge in [0.15, 0.2) is 6.29 Å². The van der Waals surface area contributed by atoms with Crippen LogP contribution in [0.1, 0.15) is 63.0 Å². The minimum atomic E-state index is -1.45. The van der Waals surface area contributed by atoms with E-state index >= 15 is 0 Å². The highest BCUT2D eigenvalue weighted by Gasteiger charge is 2.11. The van der Waals surface area contributed by atoms with Gasteiger partial charge in [0.25, 0.3) is 0 Å². The Bertz CT molecular complexity index is 740. The lowest BCUT2D eigenvalue weighted by molar-refractivity contribution is -0.0425. The van der Waals surface area contributed by atoms with Crippen LogP contribution in [-0.2, 0) is 6.61 Å². The van der Waals surface area contributed by atoms with Crippen molar-refractivity contribution in [1.82, 2.24) is 0 Å². The van der Waals surface area contributed by atoms with Gasteiger partial charge in [-0.05, 0) is 61.9 Å². The molecule has 4 heteroatoms. The topological polar surface area (TPSA) is 69.9 Å². The van der Waals surface area contributed by atoms with Gasteiger partial charge in [-0.1, -0.05) is 49.4 Å². The van der Waals surface area contributed by atoms with Gasteiger partial charge in [-0.15, -0.1) is 0 Å². The number of aliphatic hydroxyl groups is 3. The van der Waals surface area contributed by atoms with Crippen LogP contribution in [0, 0.1) is 0 Å². The van der Waals surface area contributed by atoms with E-state index in [9.17, 15) is 5.11 Å². The van der Waals surface area contributed by atoms with E-state index in [1.165, 1.54) is 5.57 Å². The van der Waals surface area contributed by atoms with Crippen LogP contribution in [-0.4, -0.2) is 20.9 Å². The minimum absolute atomic E-state index is 0.412. The average Bonchev–Trinajstić information content (AvgIpc) is 2.63. The third-order valence-electron chi connectivity index (χ3n) is 4.42. The first-order valence-corrected chi connectivity index (χ1v) is 9.38. The molecule has 2 aromatic rings. The summed E-state index contributed by atoms with van der Waals surface area (Å²) in [6, 6.07) is 15.0. The van der Waals surface area contributed by atoms with Crippen LogP contribution < -0.4 is 4.74 Å². The normalized spacial score (nSPS) is 12.5. The summed E-state index contributed by atoms with van der Waals surface area (Å²) in [7, 11) is 0. The fourth-order valence-corrected chi connectivity index (χ4v) is 2.80. The number of aliphatic hydroxyl groups excluding tert-OH is 1. The van der Waals surface area contributed by atoms with Crippen molar-refractivity contribution >= 4 is 5.57 Å². The summed E-state index contributed by atoms with van der Waals surface area (Å²) < 4.78 is 5.89. The van der Waals surface area contributed by atoms with Gasteiger partial charge in [-0.3, -0.25) is 0 Å². The molecule has 0 aliphatic rings. The SMILES string of the molecule is CCC(=CCCC(C)(C)O)c1cccc(OCc2ccc(C(O)O)cc2)c1. The Balaban J connectivity index is 2.02. The van der Waals surface area contributed by atoms with Crippen molar-refractivity contribution in [3.8, 4) is 5.75 Å². The number of ether oxygens (including phenoxy) is 1. The van der Waals surface area contributed by atoms with E-state index in [2.05, 4.69) is 19.1 Å². The first-order chi connectivity index (χ1) is 12.8. The molecule has 0 atom stereocenters. The fourth-order valence-electron chi connectivity index (χ4n) is 2.80. The fraction of sp³-hybridized carbons (Fsp3) is 0.391. The zero-order valence-corrected chi connectivity index (χ0v) is 16.4. The molecule has 27 heavy (non-hydrogen) atoms. The molecule has 0 saturated carbocycles. The van der Waals surface area contributed by atoms with Crippen LogP contribution in [0.5, 0.6) is 5.75 Å². The maximum Gasteiger partial charge on any atom is 0.178 e. The Hall–Kier alpha value is -2.14. The number of rotatable bonds is 9. The van der Waals surface area contributed by atoms with E-state index in [-0.39, 0.29) is 0 Å². The van der Waals surface area contributed by atoms with E-state index in [0.717, 1.165) is 36.1 Å². The molecule has 4 nitrogen and oxygen atoms in total. The van der Waals surface area contributed by atoms with Gasteiger partial charge in [0.05, 0.1) is 5.60 Å². The Labute approximate surface area is 161 Å². The predicted octanol–water partition coefficient (Wildman–Crippen LogP) is 4.59. The van der Waals surface area contributed by atoms with Gasteiger partial charge in [-0.2, -0.15) is 0 Å². The molecular formula is C23H30O4. The Morgan fingerprint density at radius 1 is 1.11 bits per heavy atom. The lowest BCUT2D eigenvalue weighted by Crippen LogP contribution is -2.17. The summed E-state index contributed by atoms with van der Waals surface area (Å²) in [5.74, 6) is 0.792. The molecule has 0 heterocycles. The standard InChI is InChI=1S/C23H30O4/c1-4-18(8-6-14-23(2,3)26)20-7-5-9-21(15-20)27-16-17-10-12-19(13-11-17)22(24)25/h5,7-13,15,22,24-26H,4,6,14,16H2,1-3H3. The summed E-state index contributed by atoms with van der Waals surface area (Å²) in [6.07, 6.45) is 3.22. The second kappa shape index (κ2) is 9.70.